The first-order chi connectivity index (χ1) is 18.4. The number of ether oxygens (including phenoxy) is 1. The zero-order chi connectivity index (χ0) is 26.8. The van der Waals surface area contributed by atoms with E-state index in [-0.39, 0.29) is 18.4 Å². The highest BCUT2D eigenvalue weighted by Crippen LogP contribution is 2.38. The van der Waals surface area contributed by atoms with Crippen LogP contribution in [-0.2, 0) is 9.59 Å². The second kappa shape index (κ2) is 10.4. The van der Waals surface area contributed by atoms with Crippen molar-refractivity contribution in [2.75, 3.05) is 7.11 Å². The van der Waals surface area contributed by atoms with Gasteiger partial charge in [-0.1, -0.05) is 54.1 Å². The topological polar surface area (TPSA) is 112 Å². The monoisotopic (exact) mass is 529 g/mol. The van der Waals surface area contributed by atoms with E-state index in [0.717, 1.165) is 16.5 Å². The number of carboxylic acid groups (broad SMARTS) is 1. The zero-order valence-corrected chi connectivity index (χ0v) is 21.2. The minimum absolute atomic E-state index is 0.203. The lowest BCUT2D eigenvalue weighted by molar-refractivity contribution is -0.142. The molecular weight excluding hydrogens is 506 g/mol. The predicted octanol–water partition coefficient (Wildman–Crippen LogP) is 5.15. The minimum Gasteiger partial charge on any atom is -0.497 e. The number of hydrazine groups is 1. The Balaban J connectivity index is 1.69. The van der Waals surface area contributed by atoms with E-state index in [1.807, 2.05) is 42.5 Å². The summed E-state index contributed by atoms with van der Waals surface area (Å²) in [5.74, 6) is -0.830. The molecule has 0 radical (unpaired) electrons. The van der Waals surface area contributed by atoms with Crippen LogP contribution in [0.5, 0.6) is 5.75 Å². The van der Waals surface area contributed by atoms with Crippen LogP contribution in [0.25, 0.3) is 27.7 Å². The van der Waals surface area contributed by atoms with Gasteiger partial charge in [-0.05, 0) is 47.5 Å². The highest BCUT2D eigenvalue weighted by molar-refractivity contribution is 6.31. The molecule has 0 bridgehead atoms. The van der Waals surface area contributed by atoms with Gasteiger partial charge in [-0.15, -0.1) is 0 Å². The summed E-state index contributed by atoms with van der Waals surface area (Å²) in [7, 11) is 1.56. The van der Waals surface area contributed by atoms with E-state index in [1.54, 1.807) is 43.5 Å². The van der Waals surface area contributed by atoms with E-state index < -0.39 is 17.9 Å². The van der Waals surface area contributed by atoms with Crippen molar-refractivity contribution >= 4 is 40.1 Å². The number of halogens is 1. The van der Waals surface area contributed by atoms with Crippen molar-refractivity contribution in [3.05, 3.63) is 105 Å². The average Bonchev–Trinajstić information content (AvgIpc) is 3.37. The number of aromatic nitrogens is 1. The van der Waals surface area contributed by atoms with Crippen molar-refractivity contribution in [3.63, 3.8) is 0 Å². The third-order valence-corrected chi connectivity index (χ3v) is 6.67. The molecule has 1 aliphatic heterocycles. The molecule has 9 heteroatoms. The number of methoxy groups -OCH3 is 1. The highest BCUT2D eigenvalue weighted by Gasteiger charge is 2.33. The van der Waals surface area contributed by atoms with Gasteiger partial charge in [0.05, 0.1) is 30.8 Å². The van der Waals surface area contributed by atoms with Crippen molar-refractivity contribution in [2.24, 2.45) is 0 Å². The van der Waals surface area contributed by atoms with Crippen LogP contribution >= 0.6 is 11.6 Å². The highest BCUT2D eigenvalue weighted by atomic mass is 35.5. The van der Waals surface area contributed by atoms with E-state index in [9.17, 15) is 14.4 Å². The number of pyridine rings is 1. The molecule has 0 spiro atoms. The summed E-state index contributed by atoms with van der Waals surface area (Å²) >= 11 is 6.35. The maximum absolute atomic E-state index is 13.6. The fourth-order valence-corrected chi connectivity index (χ4v) is 4.81. The van der Waals surface area contributed by atoms with E-state index in [2.05, 4.69) is 10.4 Å². The Hall–Kier alpha value is -4.56. The van der Waals surface area contributed by atoms with Crippen LogP contribution in [0.1, 0.15) is 30.0 Å². The van der Waals surface area contributed by atoms with E-state index in [1.165, 1.54) is 5.01 Å². The van der Waals surface area contributed by atoms with Crippen LogP contribution in [0, 0.1) is 0 Å². The molecule has 1 amide bonds. The normalized spacial score (nSPS) is 14.7. The zero-order valence-electron chi connectivity index (χ0n) is 20.4. The van der Waals surface area contributed by atoms with Gasteiger partial charge < -0.3 is 14.8 Å². The Morgan fingerprint density at radius 3 is 2.42 bits per heavy atom. The molecule has 8 nitrogen and oxygen atoms in total. The van der Waals surface area contributed by atoms with Crippen LogP contribution in [0.4, 0.5) is 0 Å². The van der Waals surface area contributed by atoms with Crippen LogP contribution in [0.2, 0.25) is 5.02 Å². The van der Waals surface area contributed by atoms with Gasteiger partial charge in [0.25, 0.3) is 5.56 Å². The molecule has 3 aromatic carbocycles. The number of carbonyl (C=O) groups is 2. The molecule has 38 heavy (non-hydrogen) atoms. The number of nitrogens with zero attached hydrogens (tertiary/aromatic N) is 1. The summed E-state index contributed by atoms with van der Waals surface area (Å²) in [5.41, 5.74) is 6.40. The molecule has 0 unspecified atom stereocenters. The number of fused-ring (bicyclic) bond motifs is 1. The molecule has 192 valence electrons. The first kappa shape index (κ1) is 25.1. The first-order valence-electron chi connectivity index (χ1n) is 11.9. The lowest BCUT2D eigenvalue weighted by Crippen LogP contribution is -2.40. The number of rotatable bonds is 7. The molecule has 0 aliphatic carbocycles. The second-order valence-corrected chi connectivity index (χ2v) is 9.26. The van der Waals surface area contributed by atoms with Crippen LogP contribution in [0.3, 0.4) is 0 Å². The van der Waals surface area contributed by atoms with Gasteiger partial charge >= 0.3 is 5.97 Å². The number of aliphatic carboxylic acids is 1. The number of amides is 1. The molecule has 2 heterocycles. The van der Waals surface area contributed by atoms with Gasteiger partial charge in [0.2, 0.25) is 5.91 Å². The molecule has 0 saturated carbocycles. The fourth-order valence-electron chi connectivity index (χ4n) is 4.63. The summed E-state index contributed by atoms with van der Waals surface area (Å²) in [5, 5.41) is 11.8. The lowest BCUT2D eigenvalue weighted by atomic mass is 9.94. The SMILES string of the molecule is COc1ccc([C@H]2C=C(c3c(-c4ccccc4)c4cc(Cl)ccc4[nH]c3=O)NN2C(=O)CCC(=O)O)cc1. The number of benzene rings is 3. The third-order valence-electron chi connectivity index (χ3n) is 6.43. The number of carboxylic acids is 1. The molecule has 1 aliphatic rings. The lowest BCUT2D eigenvalue weighted by Gasteiger charge is -2.26. The number of carbonyl (C=O) groups excluding carboxylic acids is 1. The Labute approximate surface area is 223 Å². The summed E-state index contributed by atoms with van der Waals surface area (Å²) in [6.07, 6.45) is 1.28. The largest absolute Gasteiger partial charge is 0.497 e. The van der Waals surface area contributed by atoms with Crippen molar-refractivity contribution in [3.8, 4) is 16.9 Å². The van der Waals surface area contributed by atoms with Crippen LogP contribution < -0.4 is 15.7 Å². The molecule has 0 fully saturated rings. The Morgan fingerprint density at radius 1 is 1.00 bits per heavy atom. The van der Waals surface area contributed by atoms with Gasteiger partial charge in [-0.25, -0.2) is 5.01 Å². The van der Waals surface area contributed by atoms with Gasteiger partial charge in [0, 0.05) is 27.9 Å². The summed E-state index contributed by atoms with van der Waals surface area (Å²) in [4.78, 5) is 40.8. The molecule has 1 aromatic heterocycles. The maximum Gasteiger partial charge on any atom is 0.303 e. The Kier molecular flexibility index (Phi) is 6.89. The summed E-state index contributed by atoms with van der Waals surface area (Å²) in [6, 6.07) is 21.4. The van der Waals surface area contributed by atoms with Crippen molar-refractivity contribution < 1.29 is 19.4 Å². The molecule has 5 rings (SSSR count). The first-order valence-corrected chi connectivity index (χ1v) is 12.3. The summed E-state index contributed by atoms with van der Waals surface area (Å²) in [6.45, 7) is 0. The molecule has 3 N–H and O–H groups in total. The molecular formula is C29H24ClN3O5. The van der Waals surface area contributed by atoms with Crippen LogP contribution in [0.15, 0.2) is 83.7 Å². The Bertz CT molecular complexity index is 1610. The second-order valence-electron chi connectivity index (χ2n) is 8.83. The van der Waals surface area contributed by atoms with Gasteiger partial charge in [-0.2, -0.15) is 0 Å². The number of aromatic amines is 1. The van der Waals surface area contributed by atoms with E-state index >= 15 is 0 Å². The molecule has 1 atom stereocenters. The predicted molar refractivity (Wildman–Crippen MR) is 146 cm³/mol. The molecule has 0 saturated heterocycles. The number of H-pyrrole nitrogens is 1. The minimum atomic E-state index is -1.07. The van der Waals surface area contributed by atoms with Gasteiger partial charge in [0.15, 0.2) is 0 Å². The van der Waals surface area contributed by atoms with Crippen molar-refractivity contribution in [1.29, 1.82) is 0 Å². The fraction of sp³-hybridized carbons (Fsp3) is 0.138. The third kappa shape index (κ3) is 4.86. The summed E-state index contributed by atoms with van der Waals surface area (Å²) < 4.78 is 5.26. The van der Waals surface area contributed by atoms with Crippen LogP contribution in [-0.4, -0.2) is 34.1 Å². The molecule has 4 aromatic rings. The van der Waals surface area contributed by atoms with E-state index in [0.29, 0.717) is 33.1 Å². The number of hydrogen-bond acceptors (Lipinski definition) is 5. The van der Waals surface area contributed by atoms with Gasteiger partial charge in [0.1, 0.15) is 5.75 Å². The van der Waals surface area contributed by atoms with Crippen molar-refractivity contribution in [2.45, 2.75) is 18.9 Å². The van der Waals surface area contributed by atoms with Gasteiger partial charge in [-0.3, -0.25) is 19.8 Å². The maximum atomic E-state index is 13.6. The number of hydrogen-bond donors (Lipinski definition) is 3. The number of nitrogens with one attached hydrogen (secondary N) is 2. The average molecular weight is 530 g/mol. The Morgan fingerprint density at radius 2 is 1.74 bits per heavy atom. The van der Waals surface area contributed by atoms with E-state index in [4.69, 9.17) is 21.4 Å². The quantitative estimate of drug-likeness (QED) is 0.305. The standard InChI is InChI=1S/C29H24ClN3O5/c1-38-20-10-7-17(8-11-20)24-16-23(32-33(24)25(34)13-14-26(35)36)28-27(18-5-3-2-4-6-18)21-15-19(30)9-12-22(21)31-29(28)37/h2-12,15-16,24,32H,13-14H2,1H3,(H,31,37)(H,35,36)/t24-/m1/s1. The smallest absolute Gasteiger partial charge is 0.303 e. The van der Waals surface area contributed by atoms with Crippen molar-refractivity contribution in [1.82, 2.24) is 15.4 Å².